The molecule has 0 aliphatic carbocycles. The Morgan fingerprint density at radius 1 is 1.02 bits per heavy atom. The van der Waals surface area contributed by atoms with Gasteiger partial charge in [-0.3, -0.25) is 0 Å². The van der Waals surface area contributed by atoms with Gasteiger partial charge in [0.05, 0.1) is 43.1 Å². The Hall–Kier alpha value is -2.58. The lowest BCUT2D eigenvalue weighted by molar-refractivity contribution is 0.0126. The number of fused-ring (bicyclic) bond motifs is 2. The van der Waals surface area contributed by atoms with E-state index in [4.69, 9.17) is 35.0 Å². The van der Waals surface area contributed by atoms with Crippen LogP contribution in [0.3, 0.4) is 0 Å². The van der Waals surface area contributed by atoms with E-state index >= 15 is 0 Å². The third kappa shape index (κ3) is 5.38. The molecule has 3 aliphatic heterocycles. The van der Waals surface area contributed by atoms with Gasteiger partial charge in [0.15, 0.2) is 14.4 Å². The van der Waals surface area contributed by atoms with Crippen LogP contribution in [0.25, 0.3) is 22.0 Å². The highest BCUT2D eigenvalue weighted by Crippen LogP contribution is 2.42. The van der Waals surface area contributed by atoms with Crippen LogP contribution < -0.4 is 9.64 Å². The molecule has 1 aromatic heterocycles. The second-order valence-electron chi connectivity index (χ2n) is 12.6. The van der Waals surface area contributed by atoms with Crippen LogP contribution in [-0.2, 0) is 18.6 Å². The van der Waals surface area contributed by atoms with Crippen LogP contribution in [0.2, 0.25) is 23.2 Å². The molecule has 0 radical (unpaired) electrons. The number of nitrogens with zero attached hydrogens (tertiary/aromatic N) is 2. The van der Waals surface area contributed by atoms with Crippen molar-refractivity contribution in [3.8, 4) is 23.1 Å². The number of H-pyrrole nitrogens is 1. The summed E-state index contributed by atoms with van der Waals surface area (Å²) in [6, 6.07) is 14.5. The average Bonchev–Trinajstić information content (AvgIpc) is 3.62. The summed E-state index contributed by atoms with van der Waals surface area (Å²) in [5.41, 5.74) is 4.20. The zero-order valence-corrected chi connectivity index (χ0v) is 26.1. The number of aromatic amines is 1. The Balaban J connectivity index is 1.21. The zero-order valence-electron chi connectivity index (χ0n) is 24.3. The van der Waals surface area contributed by atoms with Gasteiger partial charge in [0, 0.05) is 29.7 Å². The molecule has 0 amide bonds. The number of nitrogens with one attached hydrogen (secondary N) is 1. The molecule has 6 rings (SSSR count). The van der Waals surface area contributed by atoms with Crippen LogP contribution in [0.15, 0.2) is 36.4 Å². The number of hydrogen-bond acceptors (Lipinski definition) is 7. The van der Waals surface area contributed by atoms with Gasteiger partial charge in [0.25, 0.3) is 0 Å². The van der Waals surface area contributed by atoms with Gasteiger partial charge in [0.1, 0.15) is 23.8 Å². The van der Waals surface area contributed by atoms with E-state index in [1.807, 2.05) is 12.1 Å². The van der Waals surface area contributed by atoms with Crippen LogP contribution in [0.4, 0.5) is 5.69 Å². The molecule has 3 fully saturated rings. The SMILES string of the molecule is CC(C)(C)[Si](C)(C)O[C@@H]1CO[C@H]2C1OC[C@H]2Oc1[nH]c2cc(Cl)c(-c3ccc(N4CCOCC4)cc3)cc2c1C#N. The Morgan fingerprint density at radius 3 is 2.34 bits per heavy atom. The number of hydrogen-bond donors (Lipinski definition) is 1. The van der Waals surface area contributed by atoms with E-state index in [0.717, 1.165) is 54.0 Å². The lowest BCUT2D eigenvalue weighted by atomic mass is 10.0. The lowest BCUT2D eigenvalue weighted by Crippen LogP contribution is -2.47. The first-order chi connectivity index (χ1) is 19.6. The molecule has 1 unspecified atom stereocenters. The Morgan fingerprint density at radius 2 is 1.68 bits per heavy atom. The molecule has 8 nitrogen and oxygen atoms in total. The largest absolute Gasteiger partial charge is 0.469 e. The fourth-order valence-corrected chi connectivity index (χ4v) is 7.21. The number of morpholine rings is 1. The van der Waals surface area contributed by atoms with E-state index in [-0.39, 0.29) is 29.5 Å². The van der Waals surface area contributed by atoms with Crippen molar-refractivity contribution in [2.75, 3.05) is 44.4 Å². The monoisotopic (exact) mass is 595 g/mol. The maximum atomic E-state index is 10.1. The summed E-state index contributed by atoms with van der Waals surface area (Å²) < 4.78 is 30.8. The molecule has 4 atom stereocenters. The molecule has 218 valence electrons. The molecule has 10 heteroatoms. The van der Waals surface area contributed by atoms with Gasteiger partial charge >= 0.3 is 0 Å². The number of ether oxygens (including phenoxy) is 4. The highest BCUT2D eigenvalue weighted by Gasteiger charge is 2.52. The molecule has 3 aromatic rings. The first-order valence-electron chi connectivity index (χ1n) is 14.3. The van der Waals surface area contributed by atoms with Crippen molar-refractivity contribution >= 4 is 36.5 Å². The Kier molecular flexibility index (Phi) is 7.60. The third-order valence-corrected chi connectivity index (χ3v) is 13.8. The van der Waals surface area contributed by atoms with E-state index in [1.54, 1.807) is 0 Å². The van der Waals surface area contributed by atoms with E-state index in [1.165, 1.54) is 0 Å². The third-order valence-electron chi connectivity index (χ3n) is 9.00. The van der Waals surface area contributed by atoms with Crippen molar-refractivity contribution in [2.45, 2.75) is 63.3 Å². The van der Waals surface area contributed by atoms with E-state index < -0.39 is 8.32 Å². The van der Waals surface area contributed by atoms with Crippen molar-refractivity contribution in [1.29, 1.82) is 5.26 Å². The average molecular weight is 596 g/mol. The maximum absolute atomic E-state index is 10.1. The normalized spacial score (nSPS) is 25.0. The smallest absolute Gasteiger partial charge is 0.210 e. The number of aromatic nitrogens is 1. The molecule has 3 aliphatic rings. The molecule has 0 spiro atoms. The van der Waals surface area contributed by atoms with Crippen molar-refractivity contribution in [3.63, 3.8) is 0 Å². The molecular formula is C31H38ClN3O5Si. The molecule has 0 saturated carbocycles. The summed E-state index contributed by atoms with van der Waals surface area (Å²) in [4.78, 5) is 5.59. The topological polar surface area (TPSA) is 89.0 Å². The minimum absolute atomic E-state index is 0.0938. The predicted molar refractivity (Wildman–Crippen MR) is 162 cm³/mol. The standard InChI is InChI=1S/C31H38ClN3O5Si/c1-31(2,3)41(4,5)40-27-18-38-28-26(17-37-29(27)28)39-30-23(16-33)22-14-21(24(32)15-25(22)34-30)19-6-8-20(9-7-19)35-10-12-36-13-11-35/h6-9,14-15,26-29,34H,10-13,17-18H2,1-5H3/t26-,27-,28-,29?/m1/s1. The molecule has 4 heterocycles. The highest BCUT2D eigenvalue weighted by atomic mass is 35.5. The zero-order chi connectivity index (χ0) is 28.9. The molecule has 2 aromatic carbocycles. The maximum Gasteiger partial charge on any atom is 0.210 e. The van der Waals surface area contributed by atoms with E-state index in [0.29, 0.717) is 29.7 Å². The van der Waals surface area contributed by atoms with Gasteiger partial charge in [-0.15, -0.1) is 0 Å². The molecule has 1 N–H and O–H groups in total. The summed E-state index contributed by atoms with van der Waals surface area (Å²) in [6.07, 6.45) is -0.920. The first kappa shape index (κ1) is 28.5. The van der Waals surface area contributed by atoms with Crippen LogP contribution in [-0.4, -0.2) is 77.2 Å². The van der Waals surface area contributed by atoms with Crippen molar-refractivity contribution in [1.82, 2.24) is 4.98 Å². The van der Waals surface area contributed by atoms with Crippen molar-refractivity contribution in [2.24, 2.45) is 0 Å². The highest BCUT2D eigenvalue weighted by molar-refractivity contribution is 6.74. The van der Waals surface area contributed by atoms with Crippen LogP contribution in [0.5, 0.6) is 5.88 Å². The fraction of sp³-hybridized carbons (Fsp3) is 0.516. The van der Waals surface area contributed by atoms with Crippen molar-refractivity contribution < 1.29 is 23.4 Å². The van der Waals surface area contributed by atoms with Crippen LogP contribution >= 0.6 is 11.6 Å². The fourth-order valence-electron chi connectivity index (χ4n) is 5.62. The van der Waals surface area contributed by atoms with Crippen LogP contribution in [0, 0.1) is 11.3 Å². The minimum atomic E-state index is -1.98. The summed E-state index contributed by atoms with van der Waals surface area (Å²) in [6.45, 7) is 15.3. The summed E-state index contributed by atoms with van der Waals surface area (Å²) in [5.74, 6) is 0.407. The number of nitriles is 1. The molecule has 0 bridgehead atoms. The summed E-state index contributed by atoms with van der Waals surface area (Å²) in [7, 11) is -1.98. The van der Waals surface area contributed by atoms with Gasteiger partial charge in [-0.2, -0.15) is 5.26 Å². The molecular weight excluding hydrogens is 558 g/mol. The predicted octanol–water partition coefficient (Wildman–Crippen LogP) is 6.13. The summed E-state index contributed by atoms with van der Waals surface area (Å²) >= 11 is 6.75. The summed E-state index contributed by atoms with van der Waals surface area (Å²) in [5, 5.41) is 11.6. The Labute approximate surface area is 247 Å². The molecule has 41 heavy (non-hydrogen) atoms. The number of anilines is 1. The molecule has 3 saturated heterocycles. The lowest BCUT2D eigenvalue weighted by Gasteiger charge is -2.39. The second kappa shape index (κ2) is 10.9. The first-order valence-corrected chi connectivity index (χ1v) is 17.6. The Bertz CT molecular complexity index is 1460. The quantitative estimate of drug-likeness (QED) is 0.343. The van der Waals surface area contributed by atoms with Gasteiger partial charge in [-0.1, -0.05) is 44.5 Å². The van der Waals surface area contributed by atoms with Gasteiger partial charge in [-0.05, 0) is 48.0 Å². The number of halogens is 1. The van der Waals surface area contributed by atoms with Gasteiger partial charge in [0.2, 0.25) is 5.88 Å². The minimum Gasteiger partial charge on any atom is -0.469 e. The van der Waals surface area contributed by atoms with Gasteiger partial charge in [-0.25, -0.2) is 0 Å². The number of benzene rings is 2. The number of rotatable bonds is 6. The van der Waals surface area contributed by atoms with Crippen molar-refractivity contribution in [3.05, 3.63) is 47.0 Å². The van der Waals surface area contributed by atoms with E-state index in [9.17, 15) is 5.26 Å². The van der Waals surface area contributed by atoms with Crippen LogP contribution in [0.1, 0.15) is 26.3 Å². The second-order valence-corrected chi connectivity index (χ2v) is 17.8. The van der Waals surface area contributed by atoms with E-state index in [2.05, 4.69) is 74.1 Å². The van der Waals surface area contributed by atoms with Gasteiger partial charge < -0.3 is 33.3 Å².